The van der Waals surface area contributed by atoms with Gasteiger partial charge < -0.3 is 20.5 Å². The van der Waals surface area contributed by atoms with Crippen LogP contribution in [-0.4, -0.2) is 42.9 Å². The molecule has 7 heteroatoms. The fourth-order valence-corrected chi connectivity index (χ4v) is 2.33. The molecule has 1 aromatic rings. The highest BCUT2D eigenvalue weighted by Gasteiger charge is 2.26. The molecule has 1 heterocycles. The zero-order valence-corrected chi connectivity index (χ0v) is 12.4. The van der Waals surface area contributed by atoms with Gasteiger partial charge in [0.2, 0.25) is 0 Å². The van der Waals surface area contributed by atoms with Crippen molar-refractivity contribution >= 4 is 17.5 Å². The van der Waals surface area contributed by atoms with Crippen LogP contribution in [0.4, 0.5) is 4.39 Å². The monoisotopic (exact) mass is 316 g/mol. The van der Waals surface area contributed by atoms with Crippen molar-refractivity contribution in [2.75, 3.05) is 19.6 Å². The molecule has 0 saturated carbocycles. The smallest absolute Gasteiger partial charge is 0.260 e. The lowest BCUT2D eigenvalue weighted by Gasteiger charge is -2.18. The number of carbonyl (C=O) groups excluding carboxylic acids is 1. The second-order valence-corrected chi connectivity index (χ2v) is 5.47. The van der Waals surface area contributed by atoms with Crippen molar-refractivity contribution in [3.8, 4) is 5.75 Å². The number of hydrogen-bond donors (Lipinski definition) is 3. The number of carbonyl (C=O) groups is 1. The summed E-state index contributed by atoms with van der Waals surface area (Å²) in [4.78, 5) is 11.9. The Morgan fingerprint density at radius 3 is 3.00 bits per heavy atom. The number of hydrogen-bond acceptors (Lipinski definition) is 4. The van der Waals surface area contributed by atoms with Crippen LogP contribution in [0.1, 0.15) is 6.92 Å². The van der Waals surface area contributed by atoms with Crippen molar-refractivity contribution in [1.82, 2.24) is 10.6 Å². The van der Waals surface area contributed by atoms with Gasteiger partial charge in [0, 0.05) is 25.6 Å². The number of rotatable bonds is 5. The number of aliphatic hydroxyl groups is 1. The first-order chi connectivity index (χ1) is 9.97. The van der Waals surface area contributed by atoms with E-state index in [-0.39, 0.29) is 22.6 Å². The SMILES string of the molecule is CC(Oc1ccc(F)cc1Cl)C(=O)NCC1CNCC1O. The molecule has 0 bridgehead atoms. The standard InChI is InChI=1S/C14H18ClFN2O3/c1-8(21-13-3-2-10(16)4-11(13)15)14(20)18-6-9-5-17-7-12(9)19/h2-4,8-9,12,17,19H,5-7H2,1H3,(H,18,20). The van der Waals surface area contributed by atoms with E-state index in [9.17, 15) is 14.3 Å². The summed E-state index contributed by atoms with van der Waals surface area (Å²) in [5, 5.41) is 15.5. The van der Waals surface area contributed by atoms with Gasteiger partial charge in [0.05, 0.1) is 11.1 Å². The molecule has 3 atom stereocenters. The molecular weight excluding hydrogens is 299 g/mol. The Morgan fingerprint density at radius 2 is 2.38 bits per heavy atom. The molecule has 1 aromatic carbocycles. The lowest BCUT2D eigenvalue weighted by atomic mass is 10.1. The van der Waals surface area contributed by atoms with E-state index < -0.39 is 18.0 Å². The van der Waals surface area contributed by atoms with Crippen molar-refractivity contribution in [2.45, 2.75) is 19.1 Å². The lowest BCUT2D eigenvalue weighted by Crippen LogP contribution is -2.41. The summed E-state index contributed by atoms with van der Waals surface area (Å²) in [5.41, 5.74) is 0. The van der Waals surface area contributed by atoms with Crippen LogP contribution in [0.2, 0.25) is 5.02 Å². The molecule has 2 rings (SSSR count). The van der Waals surface area contributed by atoms with Crippen molar-refractivity contribution in [3.05, 3.63) is 29.0 Å². The molecule has 0 aliphatic carbocycles. The quantitative estimate of drug-likeness (QED) is 0.756. The molecule has 1 fully saturated rings. The molecule has 0 radical (unpaired) electrons. The second-order valence-electron chi connectivity index (χ2n) is 5.07. The minimum absolute atomic E-state index is 0.00411. The van der Waals surface area contributed by atoms with Crippen molar-refractivity contribution in [2.24, 2.45) is 5.92 Å². The van der Waals surface area contributed by atoms with Crippen LogP contribution in [0.3, 0.4) is 0 Å². The summed E-state index contributed by atoms with van der Waals surface area (Å²) in [5.74, 6) is -0.527. The van der Waals surface area contributed by atoms with Gasteiger partial charge in [0.1, 0.15) is 11.6 Å². The van der Waals surface area contributed by atoms with E-state index in [0.29, 0.717) is 19.6 Å². The molecule has 1 saturated heterocycles. The Balaban J connectivity index is 1.84. The minimum atomic E-state index is -0.764. The van der Waals surface area contributed by atoms with Crippen molar-refractivity contribution in [3.63, 3.8) is 0 Å². The third-order valence-corrected chi connectivity index (χ3v) is 3.70. The van der Waals surface area contributed by atoms with Gasteiger partial charge in [-0.15, -0.1) is 0 Å². The molecule has 5 nitrogen and oxygen atoms in total. The van der Waals surface area contributed by atoms with Gasteiger partial charge in [-0.3, -0.25) is 4.79 Å². The van der Waals surface area contributed by atoms with E-state index in [2.05, 4.69) is 10.6 Å². The molecule has 3 unspecified atom stereocenters. The fourth-order valence-electron chi connectivity index (χ4n) is 2.12. The zero-order chi connectivity index (χ0) is 15.4. The summed E-state index contributed by atoms with van der Waals surface area (Å²) >= 11 is 5.84. The molecule has 0 aromatic heterocycles. The Labute approximate surface area is 127 Å². The molecule has 0 spiro atoms. The van der Waals surface area contributed by atoms with Crippen molar-refractivity contribution in [1.29, 1.82) is 0 Å². The van der Waals surface area contributed by atoms with Crippen LogP contribution < -0.4 is 15.4 Å². The Kier molecular flexibility index (Phi) is 5.39. The first-order valence-electron chi connectivity index (χ1n) is 6.75. The average Bonchev–Trinajstić information content (AvgIpc) is 2.84. The highest BCUT2D eigenvalue weighted by atomic mass is 35.5. The summed E-state index contributed by atoms with van der Waals surface area (Å²) < 4.78 is 18.3. The molecule has 116 valence electrons. The minimum Gasteiger partial charge on any atom is -0.479 e. The summed E-state index contributed by atoms with van der Waals surface area (Å²) in [6, 6.07) is 3.72. The maximum Gasteiger partial charge on any atom is 0.260 e. The number of nitrogens with one attached hydrogen (secondary N) is 2. The first-order valence-corrected chi connectivity index (χ1v) is 7.13. The summed E-state index contributed by atoms with van der Waals surface area (Å²) in [7, 11) is 0. The highest BCUT2D eigenvalue weighted by molar-refractivity contribution is 6.32. The molecular formula is C14H18ClFN2O3. The Bertz CT molecular complexity index is 515. The Hall–Kier alpha value is -1.37. The van der Waals surface area contributed by atoms with Gasteiger partial charge in [0.25, 0.3) is 5.91 Å². The maximum atomic E-state index is 12.9. The van der Waals surface area contributed by atoms with Gasteiger partial charge in [-0.1, -0.05) is 11.6 Å². The predicted octanol–water partition coefficient (Wildman–Crippen LogP) is 0.943. The molecule has 1 aliphatic heterocycles. The number of β-amino-alcohol motifs (C(OH)–C–C–N with tert-alkyl or cyclic N) is 1. The third-order valence-electron chi connectivity index (χ3n) is 3.41. The largest absolute Gasteiger partial charge is 0.479 e. The van der Waals surface area contributed by atoms with E-state index in [1.54, 1.807) is 6.92 Å². The van der Waals surface area contributed by atoms with Crippen molar-refractivity contribution < 1.29 is 19.0 Å². The van der Waals surface area contributed by atoms with Gasteiger partial charge in [-0.2, -0.15) is 0 Å². The number of benzene rings is 1. The van der Waals surface area contributed by atoms with Gasteiger partial charge >= 0.3 is 0 Å². The van der Waals surface area contributed by atoms with Gasteiger partial charge in [-0.05, 0) is 25.1 Å². The normalized spacial score (nSPS) is 22.9. The van der Waals surface area contributed by atoms with E-state index in [1.807, 2.05) is 0 Å². The highest BCUT2D eigenvalue weighted by Crippen LogP contribution is 2.25. The fraction of sp³-hybridized carbons (Fsp3) is 0.500. The molecule has 1 aliphatic rings. The number of amides is 1. The van der Waals surface area contributed by atoms with Crippen LogP contribution in [0.15, 0.2) is 18.2 Å². The van der Waals surface area contributed by atoms with E-state index in [4.69, 9.17) is 16.3 Å². The van der Waals surface area contributed by atoms with E-state index >= 15 is 0 Å². The third kappa shape index (κ3) is 4.30. The predicted molar refractivity (Wildman–Crippen MR) is 76.9 cm³/mol. The molecule has 3 N–H and O–H groups in total. The van der Waals surface area contributed by atoms with Gasteiger partial charge in [-0.25, -0.2) is 4.39 Å². The van der Waals surface area contributed by atoms with E-state index in [0.717, 1.165) is 6.07 Å². The van der Waals surface area contributed by atoms with Crippen LogP contribution >= 0.6 is 11.6 Å². The average molecular weight is 317 g/mol. The van der Waals surface area contributed by atoms with Crippen LogP contribution in [0.5, 0.6) is 5.75 Å². The van der Waals surface area contributed by atoms with Crippen LogP contribution in [0.25, 0.3) is 0 Å². The van der Waals surface area contributed by atoms with Gasteiger partial charge in [0.15, 0.2) is 6.10 Å². The number of halogens is 2. The zero-order valence-electron chi connectivity index (χ0n) is 11.6. The lowest BCUT2D eigenvalue weighted by molar-refractivity contribution is -0.127. The first kappa shape index (κ1) is 16.0. The summed E-state index contributed by atoms with van der Waals surface area (Å²) in [6.45, 7) is 3.16. The molecule has 21 heavy (non-hydrogen) atoms. The molecule has 1 amide bonds. The number of aliphatic hydroxyl groups excluding tert-OH is 1. The second kappa shape index (κ2) is 7.06. The maximum absolute atomic E-state index is 12.9. The van der Waals surface area contributed by atoms with Crippen LogP contribution in [0, 0.1) is 11.7 Å². The Morgan fingerprint density at radius 1 is 1.62 bits per heavy atom. The number of ether oxygens (including phenoxy) is 1. The van der Waals surface area contributed by atoms with E-state index in [1.165, 1.54) is 12.1 Å². The summed E-state index contributed by atoms with van der Waals surface area (Å²) in [6.07, 6.45) is -1.22. The van der Waals surface area contributed by atoms with Crippen LogP contribution in [-0.2, 0) is 4.79 Å². The topological polar surface area (TPSA) is 70.6 Å².